The molecule has 2 heterocycles. The molecule has 4 rings (SSSR count). The molecule has 1 aliphatic heterocycles. The van der Waals surface area contributed by atoms with E-state index in [0.717, 1.165) is 22.0 Å². The summed E-state index contributed by atoms with van der Waals surface area (Å²) in [5, 5.41) is 16.1. The van der Waals surface area contributed by atoms with E-state index in [2.05, 4.69) is 10.1 Å². The average molecular weight is 482 g/mol. The Morgan fingerprint density at radius 2 is 1.85 bits per heavy atom. The highest BCUT2D eigenvalue weighted by atomic mass is 35.5. The van der Waals surface area contributed by atoms with Crippen molar-refractivity contribution in [3.8, 4) is 11.5 Å². The van der Waals surface area contributed by atoms with Crippen molar-refractivity contribution >= 4 is 40.1 Å². The number of fused-ring (bicyclic) bond motifs is 1. The van der Waals surface area contributed by atoms with E-state index in [9.17, 15) is 9.59 Å². The molecule has 3 aromatic rings. The summed E-state index contributed by atoms with van der Waals surface area (Å²) in [6, 6.07) is 12.7. The lowest BCUT2D eigenvalue weighted by atomic mass is 9.97. The number of hydrazone groups is 1. The monoisotopic (exact) mass is 481 g/mol. The van der Waals surface area contributed by atoms with E-state index in [1.165, 1.54) is 5.01 Å². The second kappa shape index (κ2) is 9.69. The zero-order valence-corrected chi connectivity index (χ0v) is 19.8. The third-order valence-corrected chi connectivity index (χ3v) is 6.05. The van der Waals surface area contributed by atoms with Crippen LogP contribution in [0.25, 0.3) is 10.9 Å². The van der Waals surface area contributed by atoms with Crippen LogP contribution in [-0.2, 0) is 9.59 Å². The minimum atomic E-state index is -1.05. The van der Waals surface area contributed by atoms with E-state index in [1.54, 1.807) is 26.4 Å². The van der Waals surface area contributed by atoms with Crippen LogP contribution >= 0.6 is 11.6 Å². The third-order valence-electron chi connectivity index (χ3n) is 5.75. The van der Waals surface area contributed by atoms with E-state index in [0.29, 0.717) is 29.2 Å². The smallest absolute Gasteiger partial charge is 0.303 e. The van der Waals surface area contributed by atoms with Crippen LogP contribution in [0.15, 0.2) is 47.6 Å². The van der Waals surface area contributed by atoms with E-state index in [1.807, 2.05) is 37.3 Å². The zero-order valence-electron chi connectivity index (χ0n) is 19.0. The first kappa shape index (κ1) is 23.5. The van der Waals surface area contributed by atoms with Crippen LogP contribution in [0.4, 0.5) is 0 Å². The van der Waals surface area contributed by atoms with Gasteiger partial charge in [-0.1, -0.05) is 23.7 Å². The minimum Gasteiger partial charge on any atom is -0.493 e. The molecule has 9 heteroatoms. The molecule has 1 amide bonds. The van der Waals surface area contributed by atoms with Crippen LogP contribution in [-0.4, -0.2) is 46.9 Å². The number of carbonyl (C=O) groups is 2. The van der Waals surface area contributed by atoms with Crippen molar-refractivity contribution in [2.24, 2.45) is 5.10 Å². The van der Waals surface area contributed by atoms with E-state index in [4.69, 9.17) is 26.2 Å². The first-order valence-electron chi connectivity index (χ1n) is 10.7. The van der Waals surface area contributed by atoms with E-state index < -0.39 is 17.9 Å². The molecule has 1 atom stereocenters. The number of pyridine rings is 1. The van der Waals surface area contributed by atoms with Gasteiger partial charge in [-0.05, 0) is 42.8 Å². The van der Waals surface area contributed by atoms with Crippen LogP contribution in [0.3, 0.4) is 0 Å². The fraction of sp³-hybridized carbons (Fsp3) is 0.280. The number of hydrogen-bond donors (Lipinski definition) is 1. The molecular weight excluding hydrogens is 458 g/mol. The summed E-state index contributed by atoms with van der Waals surface area (Å²) >= 11 is 6.58. The van der Waals surface area contributed by atoms with Gasteiger partial charge >= 0.3 is 5.97 Å². The van der Waals surface area contributed by atoms with Gasteiger partial charge in [-0.25, -0.2) is 9.99 Å². The van der Waals surface area contributed by atoms with Gasteiger partial charge < -0.3 is 14.6 Å². The number of ether oxygens (including phenoxy) is 2. The number of nitrogens with zero attached hydrogens (tertiary/aromatic N) is 3. The molecule has 0 saturated heterocycles. The Labute approximate surface area is 201 Å². The summed E-state index contributed by atoms with van der Waals surface area (Å²) in [7, 11) is 3.10. The number of rotatable bonds is 7. The maximum absolute atomic E-state index is 13.0. The predicted molar refractivity (Wildman–Crippen MR) is 129 cm³/mol. The highest BCUT2D eigenvalue weighted by molar-refractivity contribution is 6.30. The Balaban J connectivity index is 1.75. The molecule has 34 heavy (non-hydrogen) atoms. The molecule has 1 N–H and O–H groups in total. The largest absolute Gasteiger partial charge is 0.493 e. The molecule has 0 saturated carbocycles. The van der Waals surface area contributed by atoms with Crippen LogP contribution in [0.5, 0.6) is 11.5 Å². The maximum atomic E-state index is 13.0. The van der Waals surface area contributed by atoms with Gasteiger partial charge in [0.25, 0.3) is 0 Å². The van der Waals surface area contributed by atoms with Crippen molar-refractivity contribution in [1.29, 1.82) is 0 Å². The van der Waals surface area contributed by atoms with Gasteiger partial charge in [-0.3, -0.25) is 9.59 Å². The summed E-state index contributed by atoms with van der Waals surface area (Å²) in [6.45, 7) is 1.98. The Morgan fingerprint density at radius 3 is 2.56 bits per heavy atom. The summed E-state index contributed by atoms with van der Waals surface area (Å²) in [6.07, 6.45) is -0.0777. The van der Waals surface area contributed by atoms with Crippen molar-refractivity contribution in [2.75, 3.05) is 14.2 Å². The van der Waals surface area contributed by atoms with Crippen LogP contribution in [0, 0.1) is 6.92 Å². The number of aryl methyl sites for hydroxylation is 1. The van der Waals surface area contributed by atoms with Gasteiger partial charge in [-0.2, -0.15) is 5.10 Å². The molecule has 2 aromatic carbocycles. The first-order chi connectivity index (χ1) is 16.3. The molecule has 176 valence electrons. The number of hydrogen-bond acceptors (Lipinski definition) is 6. The third kappa shape index (κ3) is 4.68. The summed E-state index contributed by atoms with van der Waals surface area (Å²) in [4.78, 5) is 28.6. The second-order valence-electron chi connectivity index (χ2n) is 8.03. The SMILES string of the molecule is COc1ccc(C2=NN(C(=O)CCC(=O)O)C(c3cc4ccc(C)cc4nc3Cl)C2)cc1OC. The molecule has 0 radical (unpaired) electrons. The molecule has 0 aliphatic carbocycles. The standard InChI is InChI=1S/C25H24ClN3O5/c1-14-4-5-15-11-17(25(26)27-18(15)10-14)20-13-19(28-29(20)23(30)8-9-24(31)32)16-6-7-21(33-2)22(12-16)34-3/h4-7,10-12,20H,8-9,13H2,1-3H3,(H,31,32). The first-order valence-corrected chi connectivity index (χ1v) is 11.1. The summed E-state index contributed by atoms with van der Waals surface area (Å²) in [5.41, 5.74) is 3.89. The van der Waals surface area contributed by atoms with Crippen molar-refractivity contribution in [1.82, 2.24) is 9.99 Å². The van der Waals surface area contributed by atoms with Gasteiger partial charge in [-0.15, -0.1) is 0 Å². The molecule has 1 aromatic heterocycles. The quantitative estimate of drug-likeness (QED) is 0.488. The minimum absolute atomic E-state index is 0.174. The normalized spacial score (nSPS) is 15.4. The summed E-state index contributed by atoms with van der Waals surface area (Å²) < 4.78 is 10.7. The topological polar surface area (TPSA) is 101 Å². The Morgan fingerprint density at radius 1 is 1.09 bits per heavy atom. The molecule has 0 spiro atoms. The Kier molecular flexibility index (Phi) is 6.70. The van der Waals surface area contributed by atoms with Gasteiger partial charge in [0, 0.05) is 29.4 Å². The van der Waals surface area contributed by atoms with Crippen molar-refractivity contribution in [3.05, 3.63) is 64.3 Å². The number of benzene rings is 2. The van der Waals surface area contributed by atoms with Gasteiger partial charge in [0.1, 0.15) is 5.15 Å². The lowest BCUT2D eigenvalue weighted by molar-refractivity contribution is -0.141. The number of aliphatic carboxylic acids is 1. The molecule has 0 fully saturated rings. The Hall–Kier alpha value is -3.65. The van der Waals surface area contributed by atoms with Crippen LogP contribution < -0.4 is 9.47 Å². The predicted octanol–water partition coefficient (Wildman–Crippen LogP) is 4.76. The van der Waals surface area contributed by atoms with Gasteiger partial charge in [0.15, 0.2) is 11.5 Å². The lowest BCUT2D eigenvalue weighted by Gasteiger charge is -2.23. The van der Waals surface area contributed by atoms with Crippen molar-refractivity contribution < 1.29 is 24.2 Å². The van der Waals surface area contributed by atoms with E-state index >= 15 is 0 Å². The number of methoxy groups -OCH3 is 2. The lowest BCUT2D eigenvalue weighted by Crippen LogP contribution is -2.27. The summed E-state index contributed by atoms with van der Waals surface area (Å²) in [5.74, 6) is -0.333. The molecule has 8 nitrogen and oxygen atoms in total. The zero-order chi connectivity index (χ0) is 24.4. The number of aromatic nitrogens is 1. The number of carboxylic acid groups (broad SMARTS) is 1. The number of carbonyl (C=O) groups excluding carboxylic acids is 1. The number of carboxylic acids is 1. The maximum Gasteiger partial charge on any atom is 0.303 e. The fourth-order valence-corrected chi connectivity index (χ4v) is 4.28. The number of amides is 1. The highest BCUT2D eigenvalue weighted by Crippen LogP contribution is 2.39. The Bertz CT molecular complexity index is 1310. The van der Waals surface area contributed by atoms with E-state index in [-0.39, 0.29) is 18.0 Å². The second-order valence-corrected chi connectivity index (χ2v) is 8.39. The van der Waals surface area contributed by atoms with Gasteiger partial charge in [0.2, 0.25) is 5.91 Å². The fourth-order valence-electron chi connectivity index (χ4n) is 4.00. The molecular formula is C25H24ClN3O5. The van der Waals surface area contributed by atoms with Crippen molar-refractivity contribution in [2.45, 2.75) is 32.2 Å². The number of halogens is 1. The molecule has 1 unspecified atom stereocenters. The van der Waals surface area contributed by atoms with Crippen LogP contribution in [0.1, 0.15) is 42.0 Å². The average Bonchev–Trinajstić information content (AvgIpc) is 3.26. The van der Waals surface area contributed by atoms with Crippen molar-refractivity contribution in [3.63, 3.8) is 0 Å². The molecule has 1 aliphatic rings. The highest BCUT2D eigenvalue weighted by Gasteiger charge is 2.35. The molecule has 0 bridgehead atoms. The van der Waals surface area contributed by atoms with Crippen LogP contribution in [0.2, 0.25) is 5.15 Å². The van der Waals surface area contributed by atoms with Gasteiger partial charge in [0.05, 0.1) is 37.9 Å².